The normalized spacial score (nSPS) is 27.4. The van der Waals surface area contributed by atoms with Crippen molar-refractivity contribution in [3.63, 3.8) is 0 Å². The minimum absolute atomic E-state index is 0. The van der Waals surface area contributed by atoms with E-state index >= 15 is 0 Å². The van der Waals surface area contributed by atoms with Gasteiger partial charge in [-0.25, -0.2) is 9.97 Å². The fraction of sp³-hybridized carbons (Fsp3) is 0.667. The number of nitrogen functional groups attached to an aromatic ring is 2. The monoisotopic (exact) mass is 553 g/mol. The van der Waals surface area contributed by atoms with Gasteiger partial charge in [0.15, 0.2) is 0 Å². The van der Waals surface area contributed by atoms with Gasteiger partial charge in [-0.1, -0.05) is 57.4 Å². The number of fused-ring (bicyclic) bond motifs is 1. The Hall–Kier alpha value is -1.13. The largest absolute Gasteiger partial charge is 0.397 e. The van der Waals surface area contributed by atoms with E-state index in [1.165, 1.54) is 57.7 Å². The molecule has 2 heterocycles. The Morgan fingerprint density at radius 3 is 2.61 bits per heavy atom. The van der Waals surface area contributed by atoms with E-state index in [0.29, 0.717) is 22.8 Å². The molecule has 0 saturated heterocycles. The van der Waals surface area contributed by atoms with Crippen molar-refractivity contribution in [2.24, 2.45) is 17.1 Å². The summed E-state index contributed by atoms with van der Waals surface area (Å²) in [6.45, 7) is 2.49. The summed E-state index contributed by atoms with van der Waals surface area (Å²) in [5.41, 5.74) is 20.6. The molecule has 6 N–H and O–H groups in total. The van der Waals surface area contributed by atoms with Crippen LogP contribution in [0.15, 0.2) is 12.5 Å². The van der Waals surface area contributed by atoms with Gasteiger partial charge in [0.05, 0.1) is 11.1 Å². The van der Waals surface area contributed by atoms with Crippen LogP contribution in [0.5, 0.6) is 0 Å². The molecule has 2 aliphatic carbocycles. The molecule has 2 fully saturated rings. The van der Waals surface area contributed by atoms with Crippen LogP contribution in [0.4, 0.5) is 11.5 Å². The van der Waals surface area contributed by atoms with Crippen LogP contribution in [-0.2, 0) is 21.1 Å². The molecule has 3 atom stereocenters. The first-order valence-corrected chi connectivity index (χ1v) is 10.4. The molecular formula is C21H33N6W-. The molecule has 6 nitrogen and oxygen atoms in total. The molecule has 28 heavy (non-hydrogen) atoms. The van der Waals surface area contributed by atoms with Crippen LogP contribution < -0.4 is 17.2 Å². The van der Waals surface area contributed by atoms with Gasteiger partial charge in [-0.05, 0) is 24.7 Å². The van der Waals surface area contributed by atoms with Crippen molar-refractivity contribution < 1.29 is 21.1 Å². The molecule has 2 aromatic rings. The SMILES string of the molecule is CC1(CCC2CC(n3cc(N)c4c(N)ncnc43)[CH-][C@@H]2N)CCCCCC1.[W]. The third kappa shape index (κ3) is 4.23. The minimum Gasteiger partial charge on any atom is -0.397 e. The Balaban J connectivity index is 0.00000225. The van der Waals surface area contributed by atoms with E-state index in [0.717, 1.165) is 17.5 Å². The van der Waals surface area contributed by atoms with Crippen molar-refractivity contribution in [3.8, 4) is 0 Å². The first-order valence-electron chi connectivity index (χ1n) is 10.4. The van der Waals surface area contributed by atoms with E-state index in [1.807, 2.05) is 6.20 Å². The summed E-state index contributed by atoms with van der Waals surface area (Å²) in [5.74, 6) is 0.962. The molecule has 2 aliphatic rings. The van der Waals surface area contributed by atoms with Crippen LogP contribution >= 0.6 is 0 Å². The van der Waals surface area contributed by atoms with E-state index < -0.39 is 0 Å². The maximum atomic E-state index is 6.52. The van der Waals surface area contributed by atoms with Crippen molar-refractivity contribution >= 4 is 22.5 Å². The Morgan fingerprint density at radius 2 is 1.89 bits per heavy atom. The minimum atomic E-state index is 0. The molecular weight excluding hydrogens is 520 g/mol. The summed E-state index contributed by atoms with van der Waals surface area (Å²) in [7, 11) is 0. The molecule has 0 bridgehead atoms. The van der Waals surface area contributed by atoms with Gasteiger partial charge in [0.25, 0.3) is 0 Å². The molecule has 2 unspecified atom stereocenters. The molecule has 154 valence electrons. The van der Waals surface area contributed by atoms with Crippen molar-refractivity contribution in [3.05, 3.63) is 18.9 Å². The maximum Gasteiger partial charge on any atom is 0.145 e. The van der Waals surface area contributed by atoms with Crippen LogP contribution in [0, 0.1) is 17.8 Å². The maximum absolute atomic E-state index is 6.52. The Bertz CT molecular complexity index is 796. The average Bonchev–Trinajstić information content (AvgIpc) is 3.08. The molecule has 2 saturated carbocycles. The average molecular weight is 553 g/mol. The Morgan fingerprint density at radius 1 is 1.18 bits per heavy atom. The second-order valence-electron chi connectivity index (χ2n) is 9.05. The van der Waals surface area contributed by atoms with Crippen molar-refractivity contribution in [1.29, 1.82) is 0 Å². The second kappa shape index (κ2) is 8.71. The standard InChI is InChI=1S/C21H33N6.W/c1-21(7-4-2-3-5-8-21)9-6-14-10-15(11-16(14)22)27-12-17(23)18-19(24)25-13-26-20(18)27;/h11-16H,2-10,22-23H2,1H3,(H2,24,25,26);/q-1;/t14?,15?,16-;/m0./s1. The third-order valence-corrected chi connectivity index (χ3v) is 6.99. The molecule has 4 rings (SSSR count). The zero-order valence-corrected chi connectivity index (χ0v) is 19.7. The van der Waals surface area contributed by atoms with Crippen LogP contribution in [0.2, 0.25) is 0 Å². The number of hydrogen-bond acceptors (Lipinski definition) is 5. The summed E-state index contributed by atoms with van der Waals surface area (Å²) < 4.78 is 2.13. The van der Waals surface area contributed by atoms with Crippen molar-refractivity contribution in [2.75, 3.05) is 11.5 Å². The number of nitrogens with two attached hydrogens (primary N) is 3. The van der Waals surface area contributed by atoms with Crippen LogP contribution in [0.25, 0.3) is 11.0 Å². The van der Waals surface area contributed by atoms with E-state index in [-0.39, 0.29) is 33.1 Å². The van der Waals surface area contributed by atoms with E-state index in [1.54, 1.807) is 0 Å². The summed E-state index contributed by atoms with van der Waals surface area (Å²) in [4.78, 5) is 8.50. The molecule has 0 aromatic carbocycles. The first-order chi connectivity index (χ1) is 13.0. The van der Waals surface area contributed by atoms with Gasteiger partial charge in [0.1, 0.15) is 17.8 Å². The first kappa shape index (κ1) is 21.6. The van der Waals surface area contributed by atoms with E-state index in [4.69, 9.17) is 17.2 Å². The van der Waals surface area contributed by atoms with Crippen LogP contribution in [0.3, 0.4) is 0 Å². The molecule has 7 heteroatoms. The third-order valence-electron chi connectivity index (χ3n) is 6.99. The van der Waals surface area contributed by atoms with Gasteiger partial charge in [-0.15, -0.1) is 6.04 Å². The quantitative estimate of drug-likeness (QED) is 0.394. The Kier molecular flexibility index (Phi) is 6.71. The number of anilines is 2. The summed E-state index contributed by atoms with van der Waals surface area (Å²) in [5, 5.41) is 0.758. The van der Waals surface area contributed by atoms with Crippen LogP contribution in [-0.4, -0.2) is 20.6 Å². The van der Waals surface area contributed by atoms with Gasteiger partial charge in [0.2, 0.25) is 0 Å². The Labute approximate surface area is 182 Å². The number of aromatic nitrogens is 3. The topological polar surface area (TPSA) is 109 Å². The zero-order chi connectivity index (χ0) is 19.0. The second-order valence-corrected chi connectivity index (χ2v) is 9.05. The number of hydrogen-bond donors (Lipinski definition) is 3. The van der Waals surface area contributed by atoms with Gasteiger partial charge >= 0.3 is 0 Å². The van der Waals surface area contributed by atoms with E-state index in [9.17, 15) is 0 Å². The summed E-state index contributed by atoms with van der Waals surface area (Å²) in [6, 6.07) is 0.350. The fourth-order valence-corrected chi connectivity index (χ4v) is 5.23. The molecule has 0 spiro atoms. The van der Waals surface area contributed by atoms with Crippen molar-refractivity contribution in [2.45, 2.75) is 76.8 Å². The van der Waals surface area contributed by atoms with Gasteiger partial charge in [-0.2, -0.15) is 0 Å². The zero-order valence-electron chi connectivity index (χ0n) is 16.8. The molecule has 0 amide bonds. The summed E-state index contributed by atoms with van der Waals surface area (Å²) >= 11 is 0. The molecule has 0 radical (unpaired) electrons. The fourth-order valence-electron chi connectivity index (χ4n) is 5.23. The van der Waals surface area contributed by atoms with Gasteiger partial charge < -0.3 is 21.8 Å². The number of nitrogens with zero attached hydrogens (tertiary/aromatic N) is 3. The molecule has 0 aliphatic heterocycles. The molecule has 2 aromatic heterocycles. The van der Waals surface area contributed by atoms with Gasteiger partial charge in [-0.3, -0.25) is 6.42 Å². The number of rotatable bonds is 4. The predicted molar refractivity (Wildman–Crippen MR) is 111 cm³/mol. The van der Waals surface area contributed by atoms with Crippen LogP contribution in [0.1, 0.15) is 70.8 Å². The smallest absolute Gasteiger partial charge is 0.145 e. The van der Waals surface area contributed by atoms with E-state index in [2.05, 4.69) is 27.9 Å². The van der Waals surface area contributed by atoms with Crippen molar-refractivity contribution in [1.82, 2.24) is 14.5 Å². The summed E-state index contributed by atoms with van der Waals surface area (Å²) in [6.07, 6.45) is 17.6. The van der Waals surface area contributed by atoms with Gasteiger partial charge in [0, 0.05) is 27.3 Å². The predicted octanol–water partition coefficient (Wildman–Crippen LogP) is 3.83.